The monoisotopic (exact) mass is 489 g/mol. The molecular weight excluding hydrogens is 463 g/mol. The Balaban J connectivity index is 2.26. The number of rotatable bonds is 6. The SMILES string of the molecule is CC(C)N(CCN(C)C(=O)OC(C)(C)C)c1cnn(-c2ccc(C(F)(F)F)cn2)c(=O)c1Cl. The topological polar surface area (TPSA) is 80.6 Å². The van der Waals surface area contributed by atoms with Gasteiger partial charge in [0.2, 0.25) is 0 Å². The second-order valence-corrected chi connectivity index (χ2v) is 9.03. The van der Waals surface area contributed by atoms with Crippen LogP contribution < -0.4 is 10.5 Å². The smallest absolute Gasteiger partial charge is 0.417 e. The number of alkyl halides is 3. The molecule has 0 fully saturated rings. The number of ether oxygens (including phenoxy) is 1. The van der Waals surface area contributed by atoms with Gasteiger partial charge in [-0.25, -0.2) is 9.78 Å². The van der Waals surface area contributed by atoms with Gasteiger partial charge in [0, 0.05) is 32.4 Å². The Morgan fingerprint density at radius 2 is 1.82 bits per heavy atom. The zero-order valence-corrected chi connectivity index (χ0v) is 20.0. The average Bonchev–Trinajstić information content (AvgIpc) is 2.69. The van der Waals surface area contributed by atoms with Gasteiger partial charge in [-0.1, -0.05) is 11.6 Å². The Kier molecular flexibility index (Phi) is 8.00. The van der Waals surface area contributed by atoms with E-state index in [9.17, 15) is 22.8 Å². The highest BCUT2D eigenvalue weighted by Gasteiger charge is 2.31. The van der Waals surface area contributed by atoms with Crippen molar-refractivity contribution in [1.29, 1.82) is 0 Å². The Morgan fingerprint density at radius 1 is 1.18 bits per heavy atom. The Bertz CT molecular complexity index is 1030. The second kappa shape index (κ2) is 9.98. The van der Waals surface area contributed by atoms with Crippen LogP contribution in [0.4, 0.5) is 23.7 Å². The van der Waals surface area contributed by atoms with Gasteiger partial charge in [0.25, 0.3) is 5.56 Å². The number of hydrogen-bond acceptors (Lipinski definition) is 6. The quantitative estimate of drug-likeness (QED) is 0.599. The standard InChI is InChI=1S/C21H27ClF3N5O3/c1-13(2)29(10-9-28(6)19(32)33-20(3,4)5)15-12-27-30(18(31)17(15)22)16-8-7-14(11-26-16)21(23,24)25/h7-8,11-13H,9-10H2,1-6H3. The number of amides is 1. The number of carbonyl (C=O) groups is 1. The Hall–Kier alpha value is -2.82. The van der Waals surface area contributed by atoms with Crippen molar-refractivity contribution in [3.63, 3.8) is 0 Å². The molecule has 1 amide bonds. The number of pyridine rings is 1. The largest absolute Gasteiger partial charge is 0.444 e. The predicted molar refractivity (Wildman–Crippen MR) is 119 cm³/mol. The first kappa shape index (κ1) is 26.4. The first-order valence-corrected chi connectivity index (χ1v) is 10.5. The molecule has 12 heteroatoms. The molecule has 0 bridgehead atoms. The van der Waals surface area contributed by atoms with E-state index in [1.54, 1.807) is 32.7 Å². The van der Waals surface area contributed by atoms with Gasteiger partial charge < -0.3 is 14.5 Å². The molecule has 0 unspecified atom stereocenters. The van der Waals surface area contributed by atoms with Gasteiger partial charge in [-0.15, -0.1) is 0 Å². The van der Waals surface area contributed by atoms with E-state index in [1.165, 1.54) is 11.1 Å². The summed E-state index contributed by atoms with van der Waals surface area (Å²) in [6, 6.07) is 1.75. The van der Waals surface area contributed by atoms with Crippen LogP contribution in [0.3, 0.4) is 0 Å². The van der Waals surface area contributed by atoms with Crippen molar-refractivity contribution in [3.8, 4) is 5.82 Å². The minimum atomic E-state index is -4.55. The van der Waals surface area contributed by atoms with Gasteiger partial charge in [0.1, 0.15) is 10.6 Å². The van der Waals surface area contributed by atoms with Gasteiger partial charge in [-0.05, 0) is 46.8 Å². The molecule has 2 aromatic heterocycles. The van der Waals surface area contributed by atoms with E-state index in [-0.39, 0.29) is 23.4 Å². The highest BCUT2D eigenvalue weighted by molar-refractivity contribution is 6.33. The van der Waals surface area contributed by atoms with Crippen molar-refractivity contribution >= 4 is 23.4 Å². The molecule has 0 radical (unpaired) electrons. The molecular formula is C21H27ClF3N5O3. The summed E-state index contributed by atoms with van der Waals surface area (Å²) in [5.41, 5.74) is -1.97. The normalized spacial score (nSPS) is 12.1. The molecule has 0 aliphatic carbocycles. The minimum Gasteiger partial charge on any atom is -0.444 e. The molecule has 2 heterocycles. The summed E-state index contributed by atoms with van der Waals surface area (Å²) in [6.45, 7) is 9.69. The number of halogens is 4. The molecule has 0 spiro atoms. The van der Waals surface area contributed by atoms with Crippen LogP contribution in [0.2, 0.25) is 5.02 Å². The minimum absolute atomic E-state index is 0.0952. The lowest BCUT2D eigenvalue weighted by molar-refractivity contribution is -0.137. The predicted octanol–water partition coefficient (Wildman–Crippen LogP) is 4.38. The molecule has 0 saturated carbocycles. The van der Waals surface area contributed by atoms with E-state index in [0.29, 0.717) is 18.4 Å². The lowest BCUT2D eigenvalue weighted by Gasteiger charge is -2.32. The maximum Gasteiger partial charge on any atom is 0.417 e. The van der Waals surface area contributed by atoms with Crippen LogP contribution in [0.25, 0.3) is 5.82 Å². The second-order valence-electron chi connectivity index (χ2n) is 8.65. The average molecular weight is 490 g/mol. The van der Waals surface area contributed by atoms with Gasteiger partial charge in [-0.2, -0.15) is 23.0 Å². The van der Waals surface area contributed by atoms with E-state index >= 15 is 0 Å². The van der Waals surface area contributed by atoms with E-state index in [4.69, 9.17) is 16.3 Å². The molecule has 0 aromatic carbocycles. The molecule has 2 aromatic rings. The molecule has 33 heavy (non-hydrogen) atoms. The zero-order chi connectivity index (χ0) is 25.1. The third-order valence-corrected chi connectivity index (χ3v) is 4.86. The van der Waals surface area contributed by atoms with Crippen molar-refractivity contribution in [2.75, 3.05) is 25.0 Å². The van der Waals surface area contributed by atoms with Crippen LogP contribution in [-0.4, -0.2) is 57.5 Å². The molecule has 8 nitrogen and oxygen atoms in total. The van der Waals surface area contributed by atoms with Crippen LogP contribution in [-0.2, 0) is 10.9 Å². The fourth-order valence-electron chi connectivity index (χ4n) is 2.81. The van der Waals surface area contributed by atoms with Gasteiger partial charge in [0.15, 0.2) is 5.82 Å². The highest BCUT2D eigenvalue weighted by Crippen LogP contribution is 2.29. The van der Waals surface area contributed by atoms with Crippen molar-refractivity contribution in [2.45, 2.75) is 52.4 Å². The summed E-state index contributed by atoms with van der Waals surface area (Å²) in [6.07, 6.45) is -3.07. The maximum absolute atomic E-state index is 12.8. The van der Waals surface area contributed by atoms with Gasteiger partial charge >= 0.3 is 12.3 Å². The summed E-state index contributed by atoms with van der Waals surface area (Å²) in [5.74, 6) is -0.0952. The van der Waals surface area contributed by atoms with Gasteiger partial charge in [-0.3, -0.25) is 4.79 Å². The Morgan fingerprint density at radius 3 is 2.30 bits per heavy atom. The van der Waals surface area contributed by atoms with Crippen LogP contribution >= 0.6 is 11.6 Å². The Labute approximate surface area is 194 Å². The molecule has 2 rings (SSSR count). The number of anilines is 1. The summed E-state index contributed by atoms with van der Waals surface area (Å²) in [7, 11) is 1.60. The third-order valence-electron chi connectivity index (χ3n) is 4.51. The summed E-state index contributed by atoms with van der Waals surface area (Å²) < 4.78 is 44.4. The third kappa shape index (κ3) is 6.83. The number of carbonyl (C=O) groups excluding carboxylic acids is 1. The van der Waals surface area contributed by atoms with Crippen molar-refractivity contribution in [1.82, 2.24) is 19.7 Å². The fraction of sp³-hybridized carbons (Fsp3) is 0.524. The molecule has 0 aliphatic heterocycles. The van der Waals surface area contributed by atoms with Crippen molar-refractivity contribution in [2.24, 2.45) is 0 Å². The van der Waals surface area contributed by atoms with Crippen LogP contribution in [0.1, 0.15) is 40.2 Å². The summed E-state index contributed by atoms with van der Waals surface area (Å²) in [4.78, 5) is 31.9. The van der Waals surface area contributed by atoms with E-state index < -0.39 is 29.0 Å². The summed E-state index contributed by atoms with van der Waals surface area (Å²) >= 11 is 6.33. The lowest BCUT2D eigenvalue weighted by Crippen LogP contribution is -2.42. The number of aromatic nitrogens is 3. The molecule has 182 valence electrons. The van der Waals surface area contributed by atoms with Crippen LogP contribution in [0.5, 0.6) is 0 Å². The number of likely N-dealkylation sites (N-methyl/N-ethyl adjacent to an activating group) is 1. The molecule has 0 saturated heterocycles. The van der Waals surface area contributed by atoms with E-state index in [0.717, 1.165) is 16.8 Å². The van der Waals surface area contributed by atoms with Crippen LogP contribution in [0.15, 0.2) is 29.3 Å². The highest BCUT2D eigenvalue weighted by atomic mass is 35.5. The lowest BCUT2D eigenvalue weighted by atomic mass is 10.2. The zero-order valence-electron chi connectivity index (χ0n) is 19.3. The molecule has 0 N–H and O–H groups in total. The number of hydrogen-bond donors (Lipinski definition) is 0. The van der Waals surface area contributed by atoms with E-state index in [1.807, 2.05) is 13.8 Å². The first-order valence-electron chi connectivity index (χ1n) is 10.1. The molecule has 0 atom stereocenters. The summed E-state index contributed by atoms with van der Waals surface area (Å²) in [5, 5.41) is 3.88. The molecule has 0 aliphatic rings. The first-order chi connectivity index (χ1) is 15.1. The van der Waals surface area contributed by atoms with Crippen LogP contribution in [0, 0.1) is 0 Å². The van der Waals surface area contributed by atoms with Gasteiger partial charge in [0.05, 0.1) is 17.4 Å². The maximum atomic E-state index is 12.8. The van der Waals surface area contributed by atoms with Crippen molar-refractivity contribution < 1.29 is 22.7 Å². The van der Waals surface area contributed by atoms with E-state index in [2.05, 4.69) is 10.1 Å². The van der Waals surface area contributed by atoms with Crippen molar-refractivity contribution in [3.05, 3.63) is 45.5 Å². The number of nitrogens with zero attached hydrogens (tertiary/aromatic N) is 5. The fourth-order valence-corrected chi connectivity index (χ4v) is 3.05.